The number of benzene rings is 2. The zero-order valence-electron chi connectivity index (χ0n) is 16.8. The average Bonchev–Trinajstić information content (AvgIpc) is 3.41. The van der Waals surface area contributed by atoms with Crippen molar-refractivity contribution in [2.24, 2.45) is 0 Å². The van der Waals surface area contributed by atoms with Crippen molar-refractivity contribution in [2.45, 2.75) is 13.8 Å². The van der Waals surface area contributed by atoms with Gasteiger partial charge in [0.15, 0.2) is 0 Å². The second-order valence-electron chi connectivity index (χ2n) is 7.10. The first-order valence-electron chi connectivity index (χ1n) is 9.63. The zero-order chi connectivity index (χ0) is 21.4. The lowest BCUT2D eigenvalue weighted by Gasteiger charge is -2.07. The Labute approximate surface area is 181 Å². The van der Waals surface area contributed by atoms with E-state index >= 15 is 0 Å². The van der Waals surface area contributed by atoms with Gasteiger partial charge in [-0.05, 0) is 19.9 Å². The maximum Gasteiger partial charge on any atom is 0.259 e. The molecule has 0 spiro atoms. The standard InChI is InChI=1S/C23H17N5O2S/c1-13-8-10-15(11-9-13)18-12-17(19-14(2)28-30-21(19)24-18)20(29)25-23-27-26-22(31-23)16-6-4-3-5-7-16/h3-12H,1-2H3,(H,25,27,29). The molecule has 0 bridgehead atoms. The summed E-state index contributed by atoms with van der Waals surface area (Å²) in [6, 6.07) is 19.4. The third-order valence-electron chi connectivity index (χ3n) is 4.88. The van der Waals surface area contributed by atoms with E-state index in [1.807, 2.05) is 61.5 Å². The van der Waals surface area contributed by atoms with Gasteiger partial charge in [0.05, 0.1) is 22.3 Å². The number of amides is 1. The molecule has 5 aromatic rings. The van der Waals surface area contributed by atoms with Crippen LogP contribution < -0.4 is 5.32 Å². The minimum atomic E-state index is -0.317. The second-order valence-corrected chi connectivity index (χ2v) is 8.08. The first-order chi connectivity index (χ1) is 15.1. The Morgan fingerprint density at radius 2 is 1.74 bits per heavy atom. The van der Waals surface area contributed by atoms with E-state index in [1.54, 1.807) is 13.0 Å². The number of hydrogen-bond acceptors (Lipinski definition) is 7. The lowest BCUT2D eigenvalue weighted by atomic mass is 10.0. The first kappa shape index (κ1) is 19.1. The van der Waals surface area contributed by atoms with Gasteiger partial charge in [-0.1, -0.05) is 76.7 Å². The van der Waals surface area contributed by atoms with Crippen LogP contribution in [0.1, 0.15) is 21.6 Å². The molecule has 152 valence electrons. The number of nitrogens with zero attached hydrogens (tertiary/aromatic N) is 4. The molecule has 8 heteroatoms. The highest BCUT2D eigenvalue weighted by atomic mass is 32.1. The number of carbonyl (C=O) groups is 1. The van der Waals surface area contributed by atoms with Gasteiger partial charge in [0.25, 0.3) is 11.6 Å². The van der Waals surface area contributed by atoms with Crippen molar-refractivity contribution >= 4 is 33.5 Å². The molecule has 3 heterocycles. The van der Waals surface area contributed by atoms with E-state index in [4.69, 9.17) is 4.52 Å². The molecular formula is C23H17N5O2S. The molecule has 0 saturated heterocycles. The van der Waals surface area contributed by atoms with Crippen LogP contribution in [0.5, 0.6) is 0 Å². The van der Waals surface area contributed by atoms with Gasteiger partial charge in [-0.25, -0.2) is 4.98 Å². The molecule has 31 heavy (non-hydrogen) atoms. The fraction of sp³-hybridized carbons (Fsp3) is 0.0870. The van der Waals surface area contributed by atoms with Crippen molar-refractivity contribution in [1.29, 1.82) is 0 Å². The molecule has 0 aliphatic heterocycles. The smallest absolute Gasteiger partial charge is 0.259 e. The van der Waals surface area contributed by atoms with Crippen LogP contribution in [-0.4, -0.2) is 26.2 Å². The average molecular weight is 427 g/mol. The third kappa shape index (κ3) is 3.69. The fourth-order valence-corrected chi connectivity index (χ4v) is 4.03. The minimum Gasteiger partial charge on any atom is -0.335 e. The molecule has 0 aliphatic carbocycles. The van der Waals surface area contributed by atoms with Crippen LogP contribution >= 0.6 is 11.3 Å². The van der Waals surface area contributed by atoms with Crippen molar-refractivity contribution in [3.63, 3.8) is 0 Å². The van der Waals surface area contributed by atoms with Crippen LogP contribution in [0.3, 0.4) is 0 Å². The quantitative estimate of drug-likeness (QED) is 0.419. The summed E-state index contributed by atoms with van der Waals surface area (Å²) in [4.78, 5) is 17.7. The molecule has 1 N–H and O–H groups in total. The van der Waals surface area contributed by atoms with Crippen molar-refractivity contribution in [3.8, 4) is 21.8 Å². The summed E-state index contributed by atoms with van der Waals surface area (Å²) >= 11 is 1.31. The molecule has 1 amide bonds. The van der Waals surface area contributed by atoms with Crippen LogP contribution in [-0.2, 0) is 0 Å². The van der Waals surface area contributed by atoms with Gasteiger partial charge in [0, 0.05) is 11.1 Å². The molecule has 0 saturated carbocycles. The van der Waals surface area contributed by atoms with Crippen LogP contribution in [0, 0.1) is 13.8 Å². The Balaban J connectivity index is 1.51. The molecule has 0 atom stereocenters. The highest BCUT2D eigenvalue weighted by Crippen LogP contribution is 2.30. The van der Waals surface area contributed by atoms with E-state index in [9.17, 15) is 4.79 Å². The van der Waals surface area contributed by atoms with Crippen LogP contribution in [0.4, 0.5) is 5.13 Å². The van der Waals surface area contributed by atoms with E-state index in [0.29, 0.717) is 33.2 Å². The van der Waals surface area contributed by atoms with E-state index in [1.165, 1.54) is 11.3 Å². The van der Waals surface area contributed by atoms with Gasteiger partial charge < -0.3 is 4.52 Å². The number of anilines is 1. The molecule has 2 aromatic carbocycles. The molecule has 0 unspecified atom stereocenters. The SMILES string of the molecule is Cc1ccc(-c2cc(C(=O)Nc3nnc(-c4ccccc4)s3)c3c(C)noc3n2)cc1. The number of carbonyl (C=O) groups excluding carboxylic acids is 1. The minimum absolute atomic E-state index is 0.317. The maximum absolute atomic E-state index is 13.2. The zero-order valence-corrected chi connectivity index (χ0v) is 17.6. The monoisotopic (exact) mass is 427 g/mol. The lowest BCUT2D eigenvalue weighted by Crippen LogP contribution is -2.13. The normalized spacial score (nSPS) is 11.0. The Bertz CT molecular complexity index is 1390. The molecule has 0 aliphatic rings. The third-order valence-corrected chi connectivity index (χ3v) is 5.76. The van der Waals surface area contributed by atoms with Gasteiger partial charge >= 0.3 is 0 Å². The van der Waals surface area contributed by atoms with E-state index in [-0.39, 0.29) is 5.91 Å². The molecule has 7 nitrogen and oxygen atoms in total. The maximum atomic E-state index is 13.2. The highest BCUT2D eigenvalue weighted by Gasteiger charge is 2.20. The number of fused-ring (bicyclic) bond motifs is 1. The van der Waals surface area contributed by atoms with Crippen molar-refractivity contribution in [2.75, 3.05) is 5.32 Å². The number of rotatable bonds is 4. The van der Waals surface area contributed by atoms with Gasteiger partial charge in [-0.3, -0.25) is 10.1 Å². The van der Waals surface area contributed by atoms with Crippen molar-refractivity contribution in [3.05, 3.63) is 77.5 Å². The summed E-state index contributed by atoms with van der Waals surface area (Å²) in [7, 11) is 0. The van der Waals surface area contributed by atoms with Gasteiger partial charge in [0.2, 0.25) is 5.13 Å². The van der Waals surface area contributed by atoms with E-state index in [0.717, 1.165) is 21.7 Å². The summed E-state index contributed by atoms with van der Waals surface area (Å²) in [6.45, 7) is 3.80. The van der Waals surface area contributed by atoms with Gasteiger partial charge in [-0.15, -0.1) is 10.2 Å². The lowest BCUT2D eigenvalue weighted by molar-refractivity contribution is 0.102. The van der Waals surface area contributed by atoms with Crippen LogP contribution in [0.25, 0.3) is 32.9 Å². The largest absolute Gasteiger partial charge is 0.335 e. The molecule has 3 aromatic heterocycles. The van der Waals surface area contributed by atoms with Gasteiger partial charge in [-0.2, -0.15) is 0 Å². The predicted molar refractivity (Wildman–Crippen MR) is 120 cm³/mol. The molecular weight excluding hydrogens is 410 g/mol. The van der Waals surface area contributed by atoms with Crippen LogP contribution in [0.2, 0.25) is 0 Å². The van der Waals surface area contributed by atoms with Crippen molar-refractivity contribution < 1.29 is 9.32 Å². The Hall–Kier alpha value is -3.91. The van der Waals surface area contributed by atoms with Crippen LogP contribution in [0.15, 0.2) is 65.2 Å². The molecule has 0 radical (unpaired) electrons. The molecule has 5 rings (SSSR count). The topological polar surface area (TPSA) is 93.8 Å². The highest BCUT2D eigenvalue weighted by molar-refractivity contribution is 7.18. The fourth-order valence-electron chi connectivity index (χ4n) is 3.28. The Morgan fingerprint density at radius 3 is 2.52 bits per heavy atom. The number of aryl methyl sites for hydroxylation is 2. The van der Waals surface area contributed by atoms with Gasteiger partial charge in [0.1, 0.15) is 5.01 Å². The summed E-state index contributed by atoms with van der Waals surface area (Å²) in [5.41, 5.74) is 4.96. The summed E-state index contributed by atoms with van der Waals surface area (Å²) < 4.78 is 5.37. The Kier molecular flexibility index (Phi) is 4.76. The Morgan fingerprint density at radius 1 is 0.968 bits per heavy atom. The second kappa shape index (κ2) is 7.73. The summed E-state index contributed by atoms with van der Waals surface area (Å²) in [5, 5.41) is 16.9. The molecule has 0 fully saturated rings. The predicted octanol–water partition coefficient (Wildman–Crippen LogP) is 5.28. The van der Waals surface area contributed by atoms with Crippen molar-refractivity contribution in [1.82, 2.24) is 20.3 Å². The number of aromatic nitrogens is 4. The first-order valence-corrected chi connectivity index (χ1v) is 10.4. The van der Waals surface area contributed by atoms with E-state index in [2.05, 4.69) is 25.7 Å². The number of pyridine rings is 1. The number of nitrogens with one attached hydrogen (secondary N) is 1. The summed E-state index contributed by atoms with van der Waals surface area (Å²) in [5.74, 6) is -0.317. The number of hydrogen-bond donors (Lipinski definition) is 1. The summed E-state index contributed by atoms with van der Waals surface area (Å²) in [6.07, 6.45) is 0. The van der Waals surface area contributed by atoms with E-state index < -0.39 is 0 Å².